The molecule has 1 aliphatic rings. The van der Waals surface area contributed by atoms with Crippen LogP contribution in [0, 0.1) is 10.1 Å². The van der Waals surface area contributed by atoms with Gasteiger partial charge < -0.3 is 14.5 Å². The van der Waals surface area contributed by atoms with Gasteiger partial charge in [0.2, 0.25) is 0 Å². The summed E-state index contributed by atoms with van der Waals surface area (Å²) in [6.07, 6.45) is -0.376. The van der Waals surface area contributed by atoms with E-state index in [4.69, 9.17) is 16.3 Å². The number of rotatable bonds is 4. The molecular formula is C18H18ClN3O4. The molecule has 26 heavy (non-hydrogen) atoms. The SMILES string of the molecule is O=C(OCc1ccccc1)N1CCN(c2ccc(Cl)cc2[N+](=O)[O-])CC1. The van der Waals surface area contributed by atoms with Gasteiger partial charge in [0, 0.05) is 37.3 Å². The van der Waals surface area contributed by atoms with Crippen LogP contribution < -0.4 is 4.90 Å². The summed E-state index contributed by atoms with van der Waals surface area (Å²) in [5.74, 6) is 0. The second kappa shape index (κ2) is 8.05. The summed E-state index contributed by atoms with van der Waals surface area (Å²) in [4.78, 5) is 26.5. The first kappa shape index (κ1) is 18.0. The normalized spacial score (nSPS) is 14.2. The minimum absolute atomic E-state index is 0.0300. The van der Waals surface area contributed by atoms with E-state index in [-0.39, 0.29) is 18.4 Å². The van der Waals surface area contributed by atoms with Gasteiger partial charge in [0.25, 0.3) is 5.69 Å². The first-order chi connectivity index (χ1) is 12.5. The molecule has 1 amide bonds. The molecule has 0 radical (unpaired) electrons. The lowest BCUT2D eigenvalue weighted by atomic mass is 10.2. The standard InChI is InChI=1S/C18H18ClN3O4/c19-15-6-7-16(17(12-15)22(24)25)20-8-10-21(11-9-20)18(23)26-13-14-4-2-1-3-5-14/h1-7,12H,8-11,13H2. The molecule has 2 aromatic rings. The Kier molecular flexibility index (Phi) is 5.58. The molecule has 0 bridgehead atoms. The van der Waals surface area contributed by atoms with E-state index in [1.165, 1.54) is 6.07 Å². The maximum Gasteiger partial charge on any atom is 0.410 e. The van der Waals surface area contributed by atoms with E-state index >= 15 is 0 Å². The lowest BCUT2D eigenvalue weighted by Gasteiger charge is -2.35. The molecule has 8 heteroatoms. The molecule has 0 saturated carbocycles. The highest BCUT2D eigenvalue weighted by Gasteiger charge is 2.26. The number of carbonyl (C=O) groups is 1. The van der Waals surface area contributed by atoms with Crippen molar-refractivity contribution in [3.05, 3.63) is 69.2 Å². The van der Waals surface area contributed by atoms with Gasteiger partial charge in [-0.1, -0.05) is 41.9 Å². The van der Waals surface area contributed by atoms with Crippen molar-refractivity contribution in [3.8, 4) is 0 Å². The van der Waals surface area contributed by atoms with Gasteiger partial charge in [0.15, 0.2) is 0 Å². The third-order valence-corrected chi connectivity index (χ3v) is 4.45. The number of amides is 1. The van der Waals surface area contributed by atoms with Crippen molar-refractivity contribution in [2.24, 2.45) is 0 Å². The van der Waals surface area contributed by atoms with Crippen molar-refractivity contribution in [1.29, 1.82) is 0 Å². The van der Waals surface area contributed by atoms with Gasteiger partial charge in [-0.15, -0.1) is 0 Å². The third kappa shape index (κ3) is 4.23. The Bertz CT molecular complexity index is 792. The molecule has 0 N–H and O–H groups in total. The van der Waals surface area contributed by atoms with Crippen LogP contribution in [-0.4, -0.2) is 42.1 Å². The number of benzene rings is 2. The lowest BCUT2D eigenvalue weighted by molar-refractivity contribution is -0.384. The Morgan fingerprint density at radius 3 is 2.46 bits per heavy atom. The van der Waals surface area contributed by atoms with Crippen LogP contribution in [0.5, 0.6) is 0 Å². The predicted octanol–water partition coefficient (Wildman–Crippen LogP) is 3.71. The van der Waals surface area contributed by atoms with Crippen molar-refractivity contribution in [2.45, 2.75) is 6.61 Å². The van der Waals surface area contributed by atoms with Crippen molar-refractivity contribution >= 4 is 29.1 Å². The highest BCUT2D eigenvalue weighted by atomic mass is 35.5. The summed E-state index contributed by atoms with van der Waals surface area (Å²) in [5, 5.41) is 11.6. The molecule has 3 rings (SSSR count). The van der Waals surface area contributed by atoms with E-state index in [0.717, 1.165) is 5.56 Å². The fourth-order valence-corrected chi connectivity index (χ4v) is 3.02. The second-order valence-electron chi connectivity index (χ2n) is 5.90. The molecule has 2 aromatic carbocycles. The minimum Gasteiger partial charge on any atom is -0.445 e. The van der Waals surface area contributed by atoms with E-state index in [0.29, 0.717) is 36.9 Å². The van der Waals surface area contributed by atoms with Crippen LogP contribution in [-0.2, 0) is 11.3 Å². The van der Waals surface area contributed by atoms with Gasteiger partial charge in [0.1, 0.15) is 12.3 Å². The molecule has 7 nitrogen and oxygen atoms in total. The molecule has 0 atom stereocenters. The van der Waals surface area contributed by atoms with Crippen LogP contribution >= 0.6 is 11.6 Å². The van der Waals surface area contributed by atoms with Gasteiger partial charge in [-0.2, -0.15) is 0 Å². The number of nitro groups is 1. The van der Waals surface area contributed by atoms with Gasteiger partial charge in [0.05, 0.1) is 4.92 Å². The van der Waals surface area contributed by atoms with E-state index < -0.39 is 4.92 Å². The summed E-state index contributed by atoms with van der Waals surface area (Å²) in [7, 11) is 0. The van der Waals surface area contributed by atoms with Crippen LogP contribution in [0.25, 0.3) is 0 Å². The molecule has 0 spiro atoms. The maximum absolute atomic E-state index is 12.2. The zero-order valence-corrected chi connectivity index (χ0v) is 14.8. The fourth-order valence-electron chi connectivity index (χ4n) is 2.85. The minimum atomic E-state index is -0.443. The van der Waals surface area contributed by atoms with E-state index in [1.54, 1.807) is 17.0 Å². The van der Waals surface area contributed by atoms with E-state index in [1.807, 2.05) is 35.2 Å². The summed E-state index contributed by atoms with van der Waals surface area (Å²) >= 11 is 5.86. The number of hydrogen-bond donors (Lipinski definition) is 0. The van der Waals surface area contributed by atoms with Crippen LogP contribution in [0.2, 0.25) is 5.02 Å². The monoisotopic (exact) mass is 375 g/mol. The molecule has 0 unspecified atom stereocenters. The summed E-state index contributed by atoms with van der Waals surface area (Å²) < 4.78 is 5.33. The smallest absolute Gasteiger partial charge is 0.410 e. The first-order valence-corrected chi connectivity index (χ1v) is 8.57. The highest BCUT2D eigenvalue weighted by molar-refractivity contribution is 6.30. The van der Waals surface area contributed by atoms with Crippen LogP contribution in [0.1, 0.15) is 5.56 Å². The molecule has 1 aliphatic heterocycles. The Balaban J connectivity index is 1.57. The predicted molar refractivity (Wildman–Crippen MR) is 98.5 cm³/mol. The molecule has 136 valence electrons. The second-order valence-corrected chi connectivity index (χ2v) is 6.34. The number of ether oxygens (including phenoxy) is 1. The van der Waals surface area contributed by atoms with Crippen LogP contribution in [0.4, 0.5) is 16.2 Å². The van der Waals surface area contributed by atoms with Crippen LogP contribution in [0.3, 0.4) is 0 Å². The third-order valence-electron chi connectivity index (χ3n) is 4.22. The number of piperazine rings is 1. The fraction of sp³-hybridized carbons (Fsp3) is 0.278. The van der Waals surface area contributed by atoms with E-state index in [9.17, 15) is 14.9 Å². The summed E-state index contributed by atoms with van der Waals surface area (Å²) in [6, 6.07) is 14.1. The van der Waals surface area contributed by atoms with Gasteiger partial charge in [-0.3, -0.25) is 10.1 Å². The molecule has 0 aromatic heterocycles. The van der Waals surface area contributed by atoms with Crippen molar-refractivity contribution in [1.82, 2.24) is 4.90 Å². The van der Waals surface area contributed by atoms with Gasteiger partial charge >= 0.3 is 6.09 Å². The zero-order valence-electron chi connectivity index (χ0n) is 14.0. The molecule has 1 heterocycles. The number of nitro benzene ring substituents is 1. The average Bonchev–Trinajstić information content (AvgIpc) is 2.67. The Morgan fingerprint density at radius 2 is 1.81 bits per heavy atom. The highest BCUT2D eigenvalue weighted by Crippen LogP contribution is 2.31. The van der Waals surface area contributed by atoms with E-state index in [2.05, 4.69) is 0 Å². The lowest BCUT2D eigenvalue weighted by Crippen LogP contribution is -2.49. The maximum atomic E-state index is 12.2. The number of anilines is 1. The quantitative estimate of drug-likeness (QED) is 0.601. The topological polar surface area (TPSA) is 75.9 Å². The first-order valence-electron chi connectivity index (χ1n) is 8.19. The average molecular weight is 376 g/mol. The van der Waals surface area contributed by atoms with Crippen LogP contribution in [0.15, 0.2) is 48.5 Å². The number of halogens is 1. The molecule has 1 fully saturated rings. The Labute approximate surface area is 155 Å². The number of nitrogens with zero attached hydrogens (tertiary/aromatic N) is 3. The Morgan fingerprint density at radius 1 is 1.12 bits per heavy atom. The van der Waals surface area contributed by atoms with Crippen molar-refractivity contribution in [2.75, 3.05) is 31.1 Å². The van der Waals surface area contributed by atoms with Crippen molar-refractivity contribution in [3.63, 3.8) is 0 Å². The largest absolute Gasteiger partial charge is 0.445 e. The molecule has 1 saturated heterocycles. The number of hydrogen-bond acceptors (Lipinski definition) is 5. The van der Waals surface area contributed by atoms with Crippen molar-refractivity contribution < 1.29 is 14.5 Å². The molecule has 0 aliphatic carbocycles. The summed E-state index contributed by atoms with van der Waals surface area (Å²) in [5.41, 5.74) is 1.41. The van der Waals surface area contributed by atoms with Gasteiger partial charge in [-0.05, 0) is 17.7 Å². The van der Waals surface area contributed by atoms with Gasteiger partial charge in [-0.25, -0.2) is 4.79 Å². The summed E-state index contributed by atoms with van der Waals surface area (Å²) in [6.45, 7) is 2.08. The Hall–Kier alpha value is -2.80. The molecular weight excluding hydrogens is 358 g/mol. The zero-order chi connectivity index (χ0) is 18.5. The number of carbonyl (C=O) groups excluding carboxylic acids is 1.